The van der Waals surface area contributed by atoms with Crippen molar-refractivity contribution in [3.05, 3.63) is 71.0 Å². The second-order valence-corrected chi connectivity index (χ2v) is 6.35. The number of anilines is 1. The Hall–Kier alpha value is -3.27. The number of rotatable bonds is 5. The van der Waals surface area contributed by atoms with Gasteiger partial charge in [0, 0.05) is 11.8 Å². The molecule has 0 aliphatic heterocycles. The Bertz CT molecular complexity index is 969. The zero-order valence-electron chi connectivity index (χ0n) is 12.1. The lowest BCUT2D eigenvalue weighted by Crippen LogP contribution is -2.14. The zero-order chi connectivity index (χ0) is 17.2. The molecule has 3 aromatic rings. The van der Waals surface area contributed by atoms with Crippen molar-refractivity contribution in [2.45, 2.75) is 4.90 Å². The highest BCUT2D eigenvalue weighted by atomic mass is 32.2. The van der Waals surface area contributed by atoms with Crippen LogP contribution < -0.4 is 4.72 Å². The fourth-order valence-electron chi connectivity index (χ4n) is 2.06. The summed E-state index contributed by atoms with van der Waals surface area (Å²) in [6.45, 7) is 0. The average Bonchev–Trinajstić information content (AvgIpc) is 3.10. The third kappa shape index (κ3) is 3.08. The molecule has 0 aliphatic rings. The van der Waals surface area contributed by atoms with Crippen molar-refractivity contribution in [2.75, 3.05) is 4.72 Å². The fraction of sp³-hybridized carbons (Fsp3) is 0. The zero-order valence-corrected chi connectivity index (χ0v) is 12.9. The van der Waals surface area contributed by atoms with E-state index in [2.05, 4.69) is 14.9 Å². The summed E-state index contributed by atoms with van der Waals surface area (Å²) in [6, 6.07) is 11.4. The number of hydrogen-bond donors (Lipinski definition) is 1. The van der Waals surface area contributed by atoms with Crippen LogP contribution in [-0.4, -0.2) is 28.3 Å². The Morgan fingerprint density at radius 2 is 1.62 bits per heavy atom. The van der Waals surface area contributed by atoms with Crippen molar-refractivity contribution in [2.24, 2.45) is 0 Å². The molecule has 24 heavy (non-hydrogen) atoms. The normalized spacial score (nSPS) is 11.2. The number of nitrogens with one attached hydrogen (secondary N) is 1. The molecular weight excluding hydrogens is 334 g/mol. The van der Waals surface area contributed by atoms with Crippen LogP contribution in [0.4, 0.5) is 11.4 Å². The van der Waals surface area contributed by atoms with Crippen LogP contribution in [0.5, 0.6) is 0 Å². The number of sulfonamides is 1. The van der Waals surface area contributed by atoms with Gasteiger partial charge >= 0.3 is 0 Å². The molecular formula is C14H11N5O4S. The molecule has 0 fully saturated rings. The molecule has 0 aliphatic carbocycles. The molecule has 0 radical (unpaired) electrons. The van der Waals surface area contributed by atoms with Crippen molar-refractivity contribution in [3.63, 3.8) is 0 Å². The van der Waals surface area contributed by atoms with Gasteiger partial charge in [0.15, 0.2) is 4.90 Å². The summed E-state index contributed by atoms with van der Waals surface area (Å²) < 4.78 is 27.1. The number of nitro benzene ring substituents is 1. The molecule has 9 nitrogen and oxygen atoms in total. The Balaban J connectivity index is 1.89. The predicted octanol–water partition coefficient (Wildman–Crippen LogP) is 1.98. The predicted molar refractivity (Wildman–Crippen MR) is 85.3 cm³/mol. The highest BCUT2D eigenvalue weighted by molar-refractivity contribution is 7.92. The number of para-hydroxylation sites is 1. The van der Waals surface area contributed by atoms with Gasteiger partial charge in [0.1, 0.15) is 0 Å². The molecule has 1 N–H and O–H groups in total. The SMILES string of the molecule is O=[N+]([O-])c1ccccc1S(=O)(=O)Nc1ccc(-n2nccn2)cc1. The summed E-state index contributed by atoms with van der Waals surface area (Å²) in [5.41, 5.74) is 0.431. The molecule has 3 rings (SSSR count). The van der Waals surface area contributed by atoms with Gasteiger partial charge in [-0.15, -0.1) is 0 Å². The summed E-state index contributed by atoms with van der Waals surface area (Å²) >= 11 is 0. The first-order chi connectivity index (χ1) is 11.5. The average molecular weight is 345 g/mol. The molecule has 0 saturated heterocycles. The molecule has 0 atom stereocenters. The van der Waals surface area contributed by atoms with Crippen LogP contribution in [0.2, 0.25) is 0 Å². The van der Waals surface area contributed by atoms with Gasteiger partial charge < -0.3 is 0 Å². The molecule has 122 valence electrons. The van der Waals surface area contributed by atoms with Crippen molar-refractivity contribution in [1.29, 1.82) is 0 Å². The van der Waals surface area contributed by atoms with Crippen LogP contribution in [0, 0.1) is 10.1 Å². The first-order valence-electron chi connectivity index (χ1n) is 6.70. The summed E-state index contributed by atoms with van der Waals surface area (Å²) in [7, 11) is -4.09. The largest absolute Gasteiger partial charge is 0.289 e. The maximum absolute atomic E-state index is 12.4. The lowest BCUT2D eigenvalue weighted by molar-refractivity contribution is -0.387. The van der Waals surface area contributed by atoms with Gasteiger partial charge in [-0.05, 0) is 30.3 Å². The topological polar surface area (TPSA) is 120 Å². The van der Waals surface area contributed by atoms with Crippen molar-refractivity contribution < 1.29 is 13.3 Å². The molecule has 0 saturated carbocycles. The van der Waals surface area contributed by atoms with Crippen LogP contribution in [0.25, 0.3) is 5.69 Å². The summed E-state index contributed by atoms with van der Waals surface area (Å²) in [5.74, 6) is 0. The minimum absolute atomic E-state index is 0.268. The second-order valence-electron chi connectivity index (χ2n) is 4.70. The third-order valence-electron chi connectivity index (χ3n) is 3.12. The van der Waals surface area contributed by atoms with Crippen molar-refractivity contribution in [3.8, 4) is 5.69 Å². The van der Waals surface area contributed by atoms with E-state index in [-0.39, 0.29) is 5.69 Å². The van der Waals surface area contributed by atoms with Gasteiger partial charge in [-0.25, -0.2) is 8.42 Å². The summed E-state index contributed by atoms with van der Waals surface area (Å²) in [4.78, 5) is 11.2. The van der Waals surface area contributed by atoms with E-state index in [0.717, 1.165) is 6.07 Å². The number of nitrogens with zero attached hydrogens (tertiary/aromatic N) is 4. The van der Waals surface area contributed by atoms with E-state index in [9.17, 15) is 18.5 Å². The fourth-order valence-corrected chi connectivity index (χ4v) is 3.29. The van der Waals surface area contributed by atoms with E-state index in [4.69, 9.17) is 0 Å². The molecule has 1 heterocycles. The summed E-state index contributed by atoms with van der Waals surface area (Å²) in [6.07, 6.45) is 3.04. The van der Waals surface area contributed by atoms with E-state index in [0.29, 0.717) is 5.69 Å². The Morgan fingerprint density at radius 3 is 2.25 bits per heavy atom. The van der Waals surface area contributed by atoms with Gasteiger partial charge in [-0.1, -0.05) is 12.1 Å². The van der Waals surface area contributed by atoms with E-state index in [1.165, 1.54) is 47.5 Å². The molecule has 0 spiro atoms. The quantitative estimate of drug-likeness (QED) is 0.557. The number of nitro groups is 1. The van der Waals surface area contributed by atoms with Gasteiger partial charge in [0.25, 0.3) is 15.7 Å². The highest BCUT2D eigenvalue weighted by Crippen LogP contribution is 2.25. The van der Waals surface area contributed by atoms with Crippen LogP contribution in [0.3, 0.4) is 0 Å². The third-order valence-corrected chi connectivity index (χ3v) is 4.55. The molecule has 10 heteroatoms. The Kier molecular flexibility index (Phi) is 3.96. The lowest BCUT2D eigenvalue weighted by Gasteiger charge is -2.09. The second kappa shape index (κ2) is 6.08. The Labute approximate surface area is 136 Å². The monoisotopic (exact) mass is 345 g/mol. The van der Waals surface area contributed by atoms with Gasteiger partial charge in [-0.2, -0.15) is 15.0 Å². The highest BCUT2D eigenvalue weighted by Gasteiger charge is 2.25. The van der Waals surface area contributed by atoms with E-state index in [1.54, 1.807) is 12.1 Å². The van der Waals surface area contributed by atoms with Crippen molar-refractivity contribution in [1.82, 2.24) is 15.0 Å². The van der Waals surface area contributed by atoms with Crippen LogP contribution in [0.1, 0.15) is 0 Å². The van der Waals surface area contributed by atoms with Crippen LogP contribution >= 0.6 is 0 Å². The number of hydrogen-bond acceptors (Lipinski definition) is 6. The van der Waals surface area contributed by atoms with Gasteiger partial charge in [-0.3, -0.25) is 14.8 Å². The summed E-state index contributed by atoms with van der Waals surface area (Å²) in [5, 5.41) is 18.9. The van der Waals surface area contributed by atoms with Gasteiger partial charge in [0.05, 0.1) is 23.0 Å². The van der Waals surface area contributed by atoms with Crippen LogP contribution in [-0.2, 0) is 10.0 Å². The smallest absolute Gasteiger partial charge is 0.279 e. The van der Waals surface area contributed by atoms with E-state index >= 15 is 0 Å². The minimum Gasteiger partial charge on any atom is -0.279 e. The van der Waals surface area contributed by atoms with Crippen molar-refractivity contribution >= 4 is 21.4 Å². The van der Waals surface area contributed by atoms with Gasteiger partial charge in [0.2, 0.25) is 0 Å². The molecule has 0 amide bonds. The number of aromatic nitrogens is 3. The minimum atomic E-state index is -4.09. The van der Waals surface area contributed by atoms with Crippen LogP contribution in [0.15, 0.2) is 65.8 Å². The first-order valence-corrected chi connectivity index (χ1v) is 8.19. The number of benzene rings is 2. The molecule has 1 aromatic heterocycles. The molecule has 0 unspecified atom stereocenters. The molecule has 0 bridgehead atoms. The first kappa shape index (κ1) is 15.6. The van der Waals surface area contributed by atoms with E-state index < -0.39 is 25.5 Å². The molecule has 2 aromatic carbocycles. The maximum Gasteiger partial charge on any atom is 0.289 e. The van der Waals surface area contributed by atoms with E-state index in [1.807, 2.05) is 0 Å². The Morgan fingerprint density at radius 1 is 1.00 bits per heavy atom. The maximum atomic E-state index is 12.4. The standard InChI is InChI=1S/C14H11N5O4S/c20-19(21)13-3-1-2-4-14(13)24(22,23)17-11-5-7-12(8-6-11)18-15-9-10-16-18/h1-10,17H. The lowest BCUT2D eigenvalue weighted by atomic mass is 10.3.